The number of para-hydroxylation sites is 1. The third-order valence-corrected chi connectivity index (χ3v) is 4.38. The van der Waals surface area contributed by atoms with Crippen LogP contribution in [0, 0.1) is 0 Å². The maximum atomic E-state index is 12.3. The minimum absolute atomic E-state index is 0.281. The first-order valence-electron chi connectivity index (χ1n) is 7.62. The van der Waals surface area contributed by atoms with Crippen molar-refractivity contribution in [3.63, 3.8) is 0 Å². The lowest BCUT2D eigenvalue weighted by Crippen LogP contribution is -2.45. The molecule has 0 saturated heterocycles. The molecule has 0 fully saturated rings. The van der Waals surface area contributed by atoms with Gasteiger partial charge in [-0.15, -0.1) is 0 Å². The van der Waals surface area contributed by atoms with Crippen LogP contribution in [-0.4, -0.2) is 49.1 Å². The molecule has 0 saturated carbocycles. The molecule has 2 rings (SSSR count). The molecule has 1 aliphatic rings. The van der Waals surface area contributed by atoms with Gasteiger partial charge in [-0.2, -0.15) is 11.8 Å². The molecule has 8 heteroatoms. The highest BCUT2D eigenvalue weighted by molar-refractivity contribution is 7.98. The third-order valence-electron chi connectivity index (χ3n) is 3.74. The molecule has 24 heavy (non-hydrogen) atoms. The molecule has 0 aromatic heterocycles. The quantitative estimate of drug-likeness (QED) is 0.711. The Kier molecular flexibility index (Phi) is 6.48. The van der Waals surface area contributed by atoms with Crippen LogP contribution in [0.5, 0.6) is 0 Å². The number of thioether (sulfide) groups is 1. The molecule has 0 spiro atoms. The average molecular weight is 351 g/mol. The van der Waals surface area contributed by atoms with Gasteiger partial charge in [-0.05, 0) is 36.5 Å². The zero-order chi connectivity index (χ0) is 17.5. The summed E-state index contributed by atoms with van der Waals surface area (Å²) in [5.41, 5.74) is 7.03. The first-order chi connectivity index (χ1) is 11.5. The fourth-order valence-electron chi connectivity index (χ4n) is 2.57. The maximum Gasteiger partial charge on any atom is 0.329 e. The molecule has 1 aromatic rings. The van der Waals surface area contributed by atoms with Crippen LogP contribution < -0.4 is 16.0 Å². The molecule has 3 N–H and O–H groups in total. The second-order valence-electron chi connectivity index (χ2n) is 5.37. The van der Waals surface area contributed by atoms with Gasteiger partial charge >= 0.3 is 12.0 Å². The van der Waals surface area contributed by atoms with Crippen LogP contribution in [0.15, 0.2) is 24.3 Å². The van der Waals surface area contributed by atoms with Gasteiger partial charge in [0.15, 0.2) is 6.61 Å². The van der Waals surface area contributed by atoms with E-state index in [1.54, 1.807) is 4.90 Å². The summed E-state index contributed by atoms with van der Waals surface area (Å²) >= 11 is 1.54. The normalized spacial score (nSPS) is 14.0. The summed E-state index contributed by atoms with van der Waals surface area (Å²) in [5.74, 6) is -0.271. The number of nitrogens with two attached hydrogens (primary N) is 1. The molecule has 1 aromatic carbocycles. The standard InChI is InChI=1S/C16H21N3O4S/c1-24-9-7-12(18-16(17)22)15(21)23-10-14(20)19-8-6-11-4-2-3-5-13(11)19/h2-5,12H,6-10H2,1H3,(H3,17,18,22)/t12-/m0/s1. The number of benzene rings is 1. The fourth-order valence-corrected chi connectivity index (χ4v) is 3.04. The zero-order valence-electron chi connectivity index (χ0n) is 13.5. The molecule has 0 aliphatic carbocycles. The largest absolute Gasteiger partial charge is 0.454 e. The number of urea groups is 1. The molecule has 0 bridgehead atoms. The van der Waals surface area contributed by atoms with Gasteiger partial charge in [-0.1, -0.05) is 18.2 Å². The number of fused-ring (bicyclic) bond motifs is 1. The Hall–Kier alpha value is -2.22. The number of carbonyl (C=O) groups is 3. The Morgan fingerprint density at radius 2 is 2.12 bits per heavy atom. The second kappa shape index (κ2) is 8.58. The number of ether oxygens (including phenoxy) is 1. The van der Waals surface area contributed by atoms with Crippen molar-refractivity contribution in [1.29, 1.82) is 0 Å². The molecule has 7 nitrogen and oxygen atoms in total. The monoisotopic (exact) mass is 351 g/mol. The van der Waals surface area contributed by atoms with Crippen LogP contribution in [0.1, 0.15) is 12.0 Å². The Bertz CT molecular complexity index is 623. The Balaban J connectivity index is 1.90. The predicted octanol–water partition coefficient (Wildman–Crippen LogP) is 0.909. The Morgan fingerprint density at radius 3 is 2.83 bits per heavy atom. The van der Waals surface area contributed by atoms with Gasteiger partial charge < -0.3 is 20.7 Å². The highest BCUT2D eigenvalue weighted by Crippen LogP contribution is 2.27. The van der Waals surface area contributed by atoms with E-state index in [1.807, 2.05) is 30.5 Å². The molecular formula is C16H21N3O4S. The number of esters is 1. The summed E-state index contributed by atoms with van der Waals surface area (Å²) < 4.78 is 5.08. The number of nitrogens with zero attached hydrogens (tertiary/aromatic N) is 1. The SMILES string of the molecule is CSCC[C@H](NC(N)=O)C(=O)OCC(=O)N1CCc2ccccc21. The number of nitrogens with one attached hydrogen (secondary N) is 1. The van der Waals surface area contributed by atoms with Crippen molar-refractivity contribution in [2.24, 2.45) is 5.73 Å². The van der Waals surface area contributed by atoms with E-state index in [9.17, 15) is 14.4 Å². The van der Waals surface area contributed by atoms with Crippen molar-refractivity contribution >= 4 is 35.4 Å². The van der Waals surface area contributed by atoms with Crippen LogP contribution in [0.25, 0.3) is 0 Å². The maximum absolute atomic E-state index is 12.3. The second-order valence-corrected chi connectivity index (χ2v) is 6.36. The average Bonchev–Trinajstić information content (AvgIpc) is 3.00. The van der Waals surface area contributed by atoms with Crippen molar-refractivity contribution in [3.8, 4) is 0 Å². The van der Waals surface area contributed by atoms with Crippen LogP contribution in [-0.2, 0) is 20.7 Å². The third kappa shape index (κ3) is 4.64. The van der Waals surface area contributed by atoms with Gasteiger partial charge in [-0.3, -0.25) is 4.79 Å². The van der Waals surface area contributed by atoms with Gasteiger partial charge in [-0.25, -0.2) is 9.59 Å². The summed E-state index contributed by atoms with van der Waals surface area (Å²) in [6, 6.07) is 6.01. The lowest BCUT2D eigenvalue weighted by molar-refractivity contribution is -0.149. The molecule has 1 atom stereocenters. The molecule has 3 amide bonds. The predicted molar refractivity (Wildman–Crippen MR) is 93.0 cm³/mol. The Morgan fingerprint density at radius 1 is 1.38 bits per heavy atom. The van der Waals surface area contributed by atoms with Gasteiger partial charge in [0.05, 0.1) is 0 Å². The van der Waals surface area contributed by atoms with E-state index in [0.29, 0.717) is 18.7 Å². The van der Waals surface area contributed by atoms with E-state index in [2.05, 4.69) is 5.32 Å². The van der Waals surface area contributed by atoms with E-state index in [-0.39, 0.29) is 12.5 Å². The van der Waals surface area contributed by atoms with E-state index >= 15 is 0 Å². The number of rotatable bonds is 7. The molecule has 0 radical (unpaired) electrons. The number of anilines is 1. The summed E-state index contributed by atoms with van der Waals surface area (Å²) in [5, 5.41) is 2.35. The molecule has 1 aliphatic heterocycles. The van der Waals surface area contributed by atoms with E-state index in [0.717, 1.165) is 17.7 Å². The lowest BCUT2D eigenvalue weighted by atomic mass is 10.2. The van der Waals surface area contributed by atoms with E-state index in [1.165, 1.54) is 11.8 Å². The van der Waals surface area contributed by atoms with Crippen molar-refractivity contribution in [2.75, 3.05) is 30.1 Å². The van der Waals surface area contributed by atoms with Crippen molar-refractivity contribution in [1.82, 2.24) is 5.32 Å². The summed E-state index contributed by atoms with van der Waals surface area (Å²) in [6.07, 6.45) is 3.07. The molecule has 0 unspecified atom stereocenters. The smallest absolute Gasteiger partial charge is 0.329 e. The topological polar surface area (TPSA) is 102 Å². The first kappa shape index (κ1) is 18.1. The lowest BCUT2D eigenvalue weighted by Gasteiger charge is -2.19. The summed E-state index contributed by atoms with van der Waals surface area (Å²) in [7, 11) is 0. The number of amides is 3. The zero-order valence-corrected chi connectivity index (χ0v) is 14.3. The van der Waals surface area contributed by atoms with E-state index in [4.69, 9.17) is 10.5 Å². The van der Waals surface area contributed by atoms with Crippen molar-refractivity contribution < 1.29 is 19.1 Å². The van der Waals surface area contributed by atoms with Gasteiger partial charge in [0.1, 0.15) is 6.04 Å². The van der Waals surface area contributed by atoms with Crippen LogP contribution in [0.3, 0.4) is 0 Å². The van der Waals surface area contributed by atoms with Gasteiger partial charge in [0, 0.05) is 12.2 Å². The fraction of sp³-hybridized carbons (Fsp3) is 0.438. The van der Waals surface area contributed by atoms with Crippen LogP contribution in [0.2, 0.25) is 0 Å². The number of primary amides is 1. The molecular weight excluding hydrogens is 330 g/mol. The van der Waals surface area contributed by atoms with Crippen molar-refractivity contribution in [2.45, 2.75) is 18.9 Å². The number of hydrogen-bond donors (Lipinski definition) is 2. The van der Waals surface area contributed by atoms with Crippen LogP contribution >= 0.6 is 11.8 Å². The number of carbonyl (C=O) groups excluding carboxylic acids is 3. The van der Waals surface area contributed by atoms with Gasteiger partial charge in [0.25, 0.3) is 5.91 Å². The minimum Gasteiger partial charge on any atom is -0.454 e. The molecule has 1 heterocycles. The Labute approximate surface area is 144 Å². The summed E-state index contributed by atoms with van der Waals surface area (Å²) in [4.78, 5) is 37.0. The highest BCUT2D eigenvalue weighted by atomic mass is 32.2. The van der Waals surface area contributed by atoms with Crippen LogP contribution in [0.4, 0.5) is 10.5 Å². The minimum atomic E-state index is -0.839. The molecule has 130 valence electrons. The van der Waals surface area contributed by atoms with E-state index < -0.39 is 18.0 Å². The first-order valence-corrected chi connectivity index (χ1v) is 9.02. The number of hydrogen-bond acceptors (Lipinski definition) is 5. The van der Waals surface area contributed by atoms with Gasteiger partial charge in [0.2, 0.25) is 0 Å². The summed E-state index contributed by atoms with van der Waals surface area (Å²) in [6.45, 7) is 0.217. The highest BCUT2D eigenvalue weighted by Gasteiger charge is 2.27. The van der Waals surface area contributed by atoms with Crippen molar-refractivity contribution in [3.05, 3.63) is 29.8 Å².